The lowest BCUT2D eigenvalue weighted by Crippen LogP contribution is -2.33. The van der Waals surface area contributed by atoms with Gasteiger partial charge in [-0.2, -0.15) is 0 Å². The molecule has 1 saturated heterocycles. The maximum atomic E-state index is 12.9. The van der Waals surface area contributed by atoms with Crippen LogP contribution < -0.4 is 10.1 Å². The highest BCUT2D eigenvalue weighted by Gasteiger charge is 2.38. The van der Waals surface area contributed by atoms with Gasteiger partial charge in [0.15, 0.2) is 5.17 Å². The van der Waals surface area contributed by atoms with Crippen molar-refractivity contribution in [3.63, 3.8) is 0 Å². The number of hydrogen-bond donors (Lipinski definition) is 1. The molecule has 1 atom stereocenters. The molecular weight excluding hydrogens is 398 g/mol. The van der Waals surface area contributed by atoms with Gasteiger partial charge in [0.2, 0.25) is 11.8 Å². The Hall–Kier alpha value is -3.06. The quantitative estimate of drug-likeness (QED) is 0.668. The van der Waals surface area contributed by atoms with Crippen LogP contribution in [0.1, 0.15) is 17.5 Å². The first-order valence-corrected chi connectivity index (χ1v) is 10.5. The number of nitrogens with one attached hydrogen (secondary N) is 1. The molecule has 2 aromatic rings. The number of rotatable bonds is 7. The smallest absolute Gasteiger partial charge is 0.242 e. The maximum Gasteiger partial charge on any atom is 0.242 e. The number of carbonyl (C=O) groups excluding carboxylic acids is 2. The highest BCUT2D eigenvalue weighted by atomic mass is 32.2. The van der Waals surface area contributed by atoms with E-state index < -0.39 is 5.25 Å². The van der Waals surface area contributed by atoms with Crippen LogP contribution in [0.4, 0.5) is 11.4 Å². The second-order valence-electron chi connectivity index (χ2n) is 7.07. The summed E-state index contributed by atoms with van der Waals surface area (Å²) >= 11 is 1.31. The monoisotopic (exact) mass is 423 g/mol. The molecule has 6 nitrogen and oxygen atoms in total. The van der Waals surface area contributed by atoms with Gasteiger partial charge >= 0.3 is 0 Å². The fourth-order valence-corrected chi connectivity index (χ4v) is 4.40. The lowest BCUT2D eigenvalue weighted by molar-refractivity contribution is -0.127. The second-order valence-corrected chi connectivity index (χ2v) is 8.24. The van der Waals surface area contributed by atoms with E-state index in [1.54, 1.807) is 42.4 Å². The molecule has 7 heteroatoms. The van der Waals surface area contributed by atoms with E-state index >= 15 is 0 Å². The van der Waals surface area contributed by atoms with Crippen molar-refractivity contribution >= 4 is 40.1 Å². The van der Waals surface area contributed by atoms with Gasteiger partial charge in [0.05, 0.1) is 12.8 Å². The van der Waals surface area contributed by atoms with Crippen molar-refractivity contribution in [1.29, 1.82) is 0 Å². The number of ether oxygens (including phenoxy) is 1. The fraction of sp³-hybridized carbons (Fsp3) is 0.261. The van der Waals surface area contributed by atoms with Crippen LogP contribution in [0.15, 0.2) is 60.1 Å². The number of methoxy groups -OCH3 is 1. The summed E-state index contributed by atoms with van der Waals surface area (Å²) in [6, 6.07) is 13.1. The highest BCUT2D eigenvalue weighted by Crippen LogP contribution is 2.32. The van der Waals surface area contributed by atoms with Crippen LogP contribution in [-0.4, -0.2) is 40.8 Å². The Balaban J connectivity index is 1.75. The summed E-state index contributed by atoms with van der Waals surface area (Å²) in [5.41, 5.74) is 3.63. The molecule has 0 spiro atoms. The van der Waals surface area contributed by atoms with E-state index in [1.165, 1.54) is 11.8 Å². The Kier molecular flexibility index (Phi) is 6.95. The molecule has 156 valence electrons. The second kappa shape index (κ2) is 9.63. The SMILES string of the molecule is C=CCN1C(=O)[C@@H](CC(=O)Nc2cccc(OC)c2)SC1=Nc1cc(C)cc(C)c1. The van der Waals surface area contributed by atoms with Crippen molar-refractivity contribution in [3.8, 4) is 5.75 Å². The third-order valence-electron chi connectivity index (χ3n) is 4.49. The van der Waals surface area contributed by atoms with Crippen molar-refractivity contribution in [2.45, 2.75) is 25.5 Å². The first kappa shape index (κ1) is 21.6. The van der Waals surface area contributed by atoms with Crippen LogP contribution in [0.2, 0.25) is 0 Å². The van der Waals surface area contributed by atoms with Gasteiger partial charge in [-0.25, -0.2) is 4.99 Å². The third-order valence-corrected chi connectivity index (χ3v) is 5.66. The zero-order valence-electron chi connectivity index (χ0n) is 17.3. The number of nitrogens with zero attached hydrogens (tertiary/aromatic N) is 2. The van der Waals surface area contributed by atoms with E-state index in [0.717, 1.165) is 16.8 Å². The largest absolute Gasteiger partial charge is 0.497 e. The molecule has 0 aromatic heterocycles. The maximum absolute atomic E-state index is 12.9. The molecule has 1 aliphatic rings. The number of aryl methyl sites for hydroxylation is 2. The molecule has 0 radical (unpaired) electrons. The van der Waals surface area contributed by atoms with Crippen LogP contribution in [-0.2, 0) is 9.59 Å². The average Bonchev–Trinajstić information content (AvgIpc) is 2.96. The van der Waals surface area contributed by atoms with Gasteiger partial charge in [-0.1, -0.05) is 30.0 Å². The van der Waals surface area contributed by atoms with Gasteiger partial charge in [0.25, 0.3) is 0 Å². The number of amides is 2. The predicted octanol–water partition coefficient (Wildman–Crippen LogP) is 4.46. The van der Waals surface area contributed by atoms with Crippen LogP contribution in [0.3, 0.4) is 0 Å². The topological polar surface area (TPSA) is 71.0 Å². The zero-order valence-corrected chi connectivity index (χ0v) is 18.2. The van der Waals surface area contributed by atoms with Crippen molar-refractivity contribution < 1.29 is 14.3 Å². The predicted molar refractivity (Wildman–Crippen MR) is 123 cm³/mol. The Labute approximate surface area is 181 Å². The molecule has 0 bridgehead atoms. The average molecular weight is 424 g/mol. The van der Waals surface area contributed by atoms with Gasteiger partial charge in [-0.15, -0.1) is 6.58 Å². The summed E-state index contributed by atoms with van der Waals surface area (Å²) in [6.07, 6.45) is 1.72. The molecule has 30 heavy (non-hydrogen) atoms. The summed E-state index contributed by atoms with van der Waals surface area (Å²) in [5.74, 6) is 0.281. The van der Waals surface area contributed by atoms with E-state index in [9.17, 15) is 9.59 Å². The number of thioether (sulfide) groups is 1. The van der Waals surface area contributed by atoms with Gasteiger partial charge in [-0.05, 0) is 49.2 Å². The Bertz CT molecular complexity index is 983. The zero-order chi connectivity index (χ0) is 21.7. The number of anilines is 1. The first-order chi connectivity index (χ1) is 14.4. The lowest BCUT2D eigenvalue weighted by Gasteiger charge is -2.14. The number of carbonyl (C=O) groups is 2. The van der Waals surface area contributed by atoms with Crippen LogP contribution >= 0.6 is 11.8 Å². The molecule has 0 saturated carbocycles. The molecule has 2 aromatic carbocycles. The van der Waals surface area contributed by atoms with Crippen molar-refractivity contribution in [2.24, 2.45) is 4.99 Å². The molecule has 1 aliphatic heterocycles. The molecule has 2 amide bonds. The molecular formula is C23H25N3O3S. The van der Waals surface area contributed by atoms with Gasteiger partial charge in [0, 0.05) is 24.7 Å². The minimum Gasteiger partial charge on any atom is -0.497 e. The van der Waals surface area contributed by atoms with Crippen LogP contribution in [0, 0.1) is 13.8 Å². The molecule has 0 aliphatic carbocycles. The van der Waals surface area contributed by atoms with Crippen LogP contribution in [0.25, 0.3) is 0 Å². The summed E-state index contributed by atoms with van der Waals surface area (Å²) in [4.78, 5) is 31.7. The van der Waals surface area contributed by atoms with Crippen molar-refractivity contribution in [3.05, 3.63) is 66.2 Å². The van der Waals surface area contributed by atoms with E-state index in [4.69, 9.17) is 4.74 Å². The lowest BCUT2D eigenvalue weighted by atomic mass is 10.1. The normalized spacial score (nSPS) is 17.3. The Morgan fingerprint density at radius 3 is 2.67 bits per heavy atom. The minimum absolute atomic E-state index is 0.0558. The third kappa shape index (κ3) is 5.30. The van der Waals surface area contributed by atoms with Crippen molar-refractivity contribution in [1.82, 2.24) is 4.90 Å². The highest BCUT2D eigenvalue weighted by molar-refractivity contribution is 8.15. The first-order valence-electron chi connectivity index (χ1n) is 9.59. The van der Waals surface area contributed by atoms with E-state index in [2.05, 4.69) is 23.0 Å². The number of aliphatic imine (C=N–C) groups is 1. The number of hydrogen-bond acceptors (Lipinski definition) is 5. The standard InChI is InChI=1S/C23H25N3O3S/c1-5-9-26-22(28)20(14-21(27)24-17-7-6-8-19(13-17)29-4)30-23(26)25-18-11-15(2)10-16(3)12-18/h5-8,10-13,20H,1,9,14H2,2-4H3,(H,24,27)/t20-/m1/s1. The summed E-state index contributed by atoms with van der Waals surface area (Å²) in [6.45, 7) is 8.11. The molecule has 3 rings (SSSR count). The molecule has 1 N–H and O–H groups in total. The van der Waals surface area contributed by atoms with E-state index in [1.807, 2.05) is 26.0 Å². The molecule has 1 heterocycles. The van der Waals surface area contributed by atoms with Gasteiger partial charge in [-0.3, -0.25) is 14.5 Å². The van der Waals surface area contributed by atoms with E-state index in [-0.39, 0.29) is 18.2 Å². The number of amidine groups is 1. The molecule has 1 fully saturated rings. The van der Waals surface area contributed by atoms with E-state index in [0.29, 0.717) is 23.1 Å². The Morgan fingerprint density at radius 1 is 1.27 bits per heavy atom. The summed E-state index contributed by atoms with van der Waals surface area (Å²) < 4.78 is 5.17. The summed E-state index contributed by atoms with van der Waals surface area (Å²) in [7, 11) is 1.57. The van der Waals surface area contributed by atoms with Crippen molar-refractivity contribution in [2.75, 3.05) is 19.0 Å². The van der Waals surface area contributed by atoms with Crippen LogP contribution in [0.5, 0.6) is 5.75 Å². The van der Waals surface area contributed by atoms with Gasteiger partial charge < -0.3 is 10.1 Å². The number of benzene rings is 2. The summed E-state index contributed by atoms with van der Waals surface area (Å²) in [5, 5.41) is 2.89. The minimum atomic E-state index is -0.528. The molecule has 0 unspecified atom stereocenters. The van der Waals surface area contributed by atoms with Gasteiger partial charge in [0.1, 0.15) is 11.0 Å². The fourth-order valence-electron chi connectivity index (χ4n) is 3.23. The Morgan fingerprint density at radius 2 is 2.00 bits per heavy atom.